The van der Waals surface area contributed by atoms with Crippen molar-refractivity contribution in [2.45, 2.75) is 0 Å². The molecule has 0 fully saturated rings. The lowest BCUT2D eigenvalue weighted by Crippen LogP contribution is -1.83. The lowest BCUT2D eigenvalue weighted by Gasteiger charge is -2.01. The van der Waals surface area contributed by atoms with Crippen LogP contribution in [0.5, 0.6) is 0 Å². The predicted molar refractivity (Wildman–Crippen MR) is 57.1 cm³/mol. The topological polar surface area (TPSA) is 12.9 Å². The van der Waals surface area contributed by atoms with E-state index in [2.05, 4.69) is 36.8 Å². The fourth-order valence-electron chi connectivity index (χ4n) is 1.13. The summed E-state index contributed by atoms with van der Waals surface area (Å²) in [4.78, 5) is 3.99. The lowest BCUT2D eigenvalue weighted by atomic mass is 10.2. The van der Waals surface area contributed by atoms with Crippen LogP contribution >= 0.6 is 31.9 Å². The van der Waals surface area contributed by atoms with Crippen LogP contribution in [0.25, 0.3) is 10.9 Å². The molecule has 0 atom stereocenters. The minimum Gasteiger partial charge on any atom is -0.252 e. The zero-order valence-corrected chi connectivity index (χ0v) is 9.56. The Balaban J connectivity index is 2.92. The number of hydrogen-bond acceptors (Lipinski definition) is 1. The first-order valence-corrected chi connectivity index (χ1v) is 5.16. The van der Waals surface area contributed by atoms with Crippen LogP contribution in [-0.2, 0) is 0 Å². The third-order valence-electron chi connectivity index (χ3n) is 1.71. The molecule has 0 amide bonds. The molecule has 1 heterocycles. The molecule has 4 heteroatoms. The van der Waals surface area contributed by atoms with Crippen LogP contribution in [0.4, 0.5) is 4.39 Å². The van der Waals surface area contributed by atoms with Gasteiger partial charge >= 0.3 is 0 Å². The highest BCUT2D eigenvalue weighted by Gasteiger charge is 2.04. The van der Waals surface area contributed by atoms with Crippen LogP contribution in [0.3, 0.4) is 0 Å². The van der Waals surface area contributed by atoms with Crippen molar-refractivity contribution in [1.29, 1.82) is 0 Å². The molecule has 0 aliphatic heterocycles. The third-order valence-corrected chi connectivity index (χ3v) is 3.05. The van der Waals surface area contributed by atoms with Crippen molar-refractivity contribution in [3.63, 3.8) is 0 Å². The molecule has 1 aromatic heterocycles. The molecule has 13 heavy (non-hydrogen) atoms. The lowest BCUT2D eigenvalue weighted by molar-refractivity contribution is 0.624. The number of pyridine rings is 1. The zero-order chi connectivity index (χ0) is 9.42. The van der Waals surface area contributed by atoms with E-state index in [-0.39, 0.29) is 5.82 Å². The predicted octanol–water partition coefficient (Wildman–Crippen LogP) is 3.90. The minimum absolute atomic E-state index is 0.327. The average Bonchev–Trinajstić information content (AvgIpc) is 2.12. The molecule has 0 unspecified atom stereocenters. The fourth-order valence-corrected chi connectivity index (χ4v) is 2.01. The second kappa shape index (κ2) is 3.35. The average molecular weight is 305 g/mol. The number of rotatable bonds is 0. The van der Waals surface area contributed by atoms with E-state index in [0.717, 1.165) is 19.8 Å². The molecule has 0 saturated carbocycles. The molecule has 66 valence electrons. The van der Waals surface area contributed by atoms with Crippen LogP contribution in [0.15, 0.2) is 33.3 Å². The highest BCUT2D eigenvalue weighted by molar-refractivity contribution is 9.11. The van der Waals surface area contributed by atoms with Crippen molar-refractivity contribution in [3.05, 3.63) is 39.2 Å². The van der Waals surface area contributed by atoms with E-state index in [1.165, 1.54) is 12.3 Å². The maximum Gasteiger partial charge on any atom is 0.142 e. The van der Waals surface area contributed by atoms with Crippen LogP contribution in [0.1, 0.15) is 0 Å². The molecule has 0 saturated heterocycles. The van der Waals surface area contributed by atoms with Crippen LogP contribution in [0, 0.1) is 5.82 Å². The molecule has 0 aliphatic carbocycles. The van der Waals surface area contributed by atoms with E-state index < -0.39 is 0 Å². The Labute approximate surface area is 91.2 Å². The number of nitrogens with zero attached hydrogens (tertiary/aromatic N) is 1. The van der Waals surface area contributed by atoms with E-state index in [1.54, 1.807) is 0 Å². The SMILES string of the molecule is Fc1cnc2c(Br)ccc(Br)c2c1. The maximum absolute atomic E-state index is 12.8. The molecular formula is C9H4Br2FN. The van der Waals surface area contributed by atoms with Gasteiger partial charge in [0.05, 0.1) is 11.7 Å². The summed E-state index contributed by atoms with van der Waals surface area (Å²) in [5.41, 5.74) is 0.760. The molecule has 0 spiro atoms. The smallest absolute Gasteiger partial charge is 0.142 e. The van der Waals surface area contributed by atoms with Gasteiger partial charge in [0, 0.05) is 14.3 Å². The number of benzene rings is 1. The molecule has 0 N–H and O–H groups in total. The first-order chi connectivity index (χ1) is 6.18. The highest BCUT2D eigenvalue weighted by Crippen LogP contribution is 2.28. The van der Waals surface area contributed by atoms with Gasteiger partial charge in [0.15, 0.2) is 0 Å². The maximum atomic E-state index is 12.8. The van der Waals surface area contributed by atoms with Crippen molar-refractivity contribution in [2.75, 3.05) is 0 Å². The van der Waals surface area contributed by atoms with Gasteiger partial charge < -0.3 is 0 Å². The minimum atomic E-state index is -0.327. The monoisotopic (exact) mass is 303 g/mol. The van der Waals surface area contributed by atoms with Gasteiger partial charge in [-0.2, -0.15) is 0 Å². The van der Waals surface area contributed by atoms with Crippen molar-refractivity contribution in [2.24, 2.45) is 0 Å². The molecule has 0 aliphatic rings. The number of halogens is 3. The summed E-state index contributed by atoms with van der Waals surface area (Å²) in [5.74, 6) is -0.327. The molecule has 2 aromatic rings. The number of fused-ring (bicyclic) bond motifs is 1. The molecule has 1 nitrogen and oxygen atoms in total. The van der Waals surface area contributed by atoms with Crippen molar-refractivity contribution >= 4 is 42.8 Å². The summed E-state index contributed by atoms with van der Waals surface area (Å²) < 4.78 is 14.6. The molecule has 0 bridgehead atoms. The van der Waals surface area contributed by atoms with Gasteiger partial charge in [-0.25, -0.2) is 4.39 Å². The summed E-state index contributed by atoms with van der Waals surface area (Å²) in [6.07, 6.45) is 1.21. The Kier molecular flexibility index (Phi) is 2.34. The quantitative estimate of drug-likeness (QED) is 0.719. The largest absolute Gasteiger partial charge is 0.252 e. The van der Waals surface area contributed by atoms with Gasteiger partial charge in [-0.15, -0.1) is 0 Å². The number of hydrogen-bond donors (Lipinski definition) is 0. The van der Waals surface area contributed by atoms with Gasteiger partial charge in [0.2, 0.25) is 0 Å². The molecular weight excluding hydrogens is 301 g/mol. The Hall–Kier alpha value is -0.480. The highest BCUT2D eigenvalue weighted by atomic mass is 79.9. The summed E-state index contributed by atoms with van der Waals surface area (Å²) in [5, 5.41) is 0.773. The second-order valence-corrected chi connectivity index (χ2v) is 4.29. The van der Waals surface area contributed by atoms with Gasteiger partial charge in [-0.1, -0.05) is 15.9 Å². The van der Waals surface area contributed by atoms with Gasteiger partial charge in [-0.05, 0) is 34.1 Å². The Morgan fingerprint density at radius 3 is 2.62 bits per heavy atom. The van der Waals surface area contributed by atoms with Crippen molar-refractivity contribution in [3.8, 4) is 0 Å². The first kappa shape index (κ1) is 9.09. The summed E-state index contributed by atoms with van der Waals surface area (Å²) >= 11 is 6.69. The van der Waals surface area contributed by atoms with Crippen molar-refractivity contribution < 1.29 is 4.39 Å². The summed E-state index contributed by atoms with van der Waals surface area (Å²) in [6, 6.07) is 5.18. The zero-order valence-electron chi connectivity index (χ0n) is 6.39. The Bertz CT molecular complexity index is 470. The summed E-state index contributed by atoms with van der Waals surface area (Å²) in [7, 11) is 0. The molecule has 1 aromatic carbocycles. The van der Waals surface area contributed by atoms with E-state index in [9.17, 15) is 4.39 Å². The molecule has 2 rings (SSSR count). The number of aromatic nitrogens is 1. The standard InChI is InChI=1S/C9H4Br2FN/c10-7-1-2-8(11)9-6(7)3-5(12)4-13-9/h1-4H. The van der Waals surface area contributed by atoms with Crippen LogP contribution in [0.2, 0.25) is 0 Å². The van der Waals surface area contributed by atoms with E-state index in [4.69, 9.17) is 0 Å². The van der Waals surface area contributed by atoms with Crippen LogP contribution in [-0.4, -0.2) is 4.98 Å². The Morgan fingerprint density at radius 2 is 1.85 bits per heavy atom. The van der Waals surface area contributed by atoms with E-state index >= 15 is 0 Å². The van der Waals surface area contributed by atoms with Gasteiger partial charge in [0.1, 0.15) is 5.82 Å². The first-order valence-electron chi connectivity index (χ1n) is 3.58. The normalized spacial score (nSPS) is 10.7. The third kappa shape index (κ3) is 1.60. The van der Waals surface area contributed by atoms with Gasteiger partial charge in [-0.3, -0.25) is 4.98 Å². The van der Waals surface area contributed by atoms with Crippen molar-refractivity contribution in [1.82, 2.24) is 4.98 Å². The van der Waals surface area contributed by atoms with Crippen LogP contribution < -0.4 is 0 Å². The van der Waals surface area contributed by atoms with Gasteiger partial charge in [0.25, 0.3) is 0 Å². The van der Waals surface area contributed by atoms with E-state index in [0.29, 0.717) is 0 Å². The molecule has 0 radical (unpaired) electrons. The Morgan fingerprint density at radius 1 is 1.15 bits per heavy atom. The second-order valence-electron chi connectivity index (χ2n) is 2.58. The van der Waals surface area contributed by atoms with E-state index in [1.807, 2.05) is 12.1 Å². The summed E-state index contributed by atoms with van der Waals surface area (Å²) in [6.45, 7) is 0. The fraction of sp³-hybridized carbons (Fsp3) is 0.